The number of hydrogen-bond acceptors (Lipinski definition) is 3. The molecule has 0 aromatic carbocycles. The Bertz CT molecular complexity index is 518. The van der Waals surface area contributed by atoms with Crippen LogP contribution in [0, 0.1) is 19.8 Å². The minimum atomic E-state index is -0.902. The Kier molecular flexibility index (Phi) is 5.27. The number of aliphatic carboxylic acids is 1. The Morgan fingerprint density at radius 1 is 1.37 bits per heavy atom. The summed E-state index contributed by atoms with van der Waals surface area (Å²) in [5, 5.41) is 8.91. The van der Waals surface area contributed by atoms with Crippen molar-refractivity contribution in [1.82, 2.24) is 9.55 Å². The molecule has 0 bridgehead atoms. The molecular formula is C14H22N2O3. The van der Waals surface area contributed by atoms with Crippen LogP contribution in [0.1, 0.15) is 43.6 Å². The largest absolute Gasteiger partial charge is 0.481 e. The number of carbonyl (C=O) groups is 1. The van der Waals surface area contributed by atoms with E-state index in [1.54, 1.807) is 18.4 Å². The van der Waals surface area contributed by atoms with Crippen LogP contribution in [0.15, 0.2) is 4.79 Å². The van der Waals surface area contributed by atoms with E-state index in [0.717, 1.165) is 18.5 Å². The van der Waals surface area contributed by atoms with E-state index in [1.165, 1.54) is 0 Å². The average Bonchev–Trinajstić information content (AvgIpc) is 2.28. The topological polar surface area (TPSA) is 72.2 Å². The zero-order valence-corrected chi connectivity index (χ0v) is 12.1. The molecule has 1 heterocycles. The highest BCUT2D eigenvalue weighted by molar-refractivity contribution is 5.70. The van der Waals surface area contributed by atoms with E-state index >= 15 is 0 Å². The molecule has 0 radical (unpaired) electrons. The highest BCUT2D eigenvalue weighted by atomic mass is 16.4. The Morgan fingerprint density at radius 3 is 2.53 bits per heavy atom. The zero-order valence-electron chi connectivity index (χ0n) is 12.1. The van der Waals surface area contributed by atoms with Crippen molar-refractivity contribution in [2.24, 2.45) is 5.92 Å². The third-order valence-electron chi connectivity index (χ3n) is 3.26. The van der Waals surface area contributed by atoms with Crippen molar-refractivity contribution in [3.8, 4) is 0 Å². The molecule has 1 rings (SSSR count). The zero-order chi connectivity index (χ0) is 14.6. The van der Waals surface area contributed by atoms with Gasteiger partial charge in [-0.05, 0) is 32.6 Å². The summed E-state index contributed by atoms with van der Waals surface area (Å²) in [6.07, 6.45) is 1.85. The van der Waals surface area contributed by atoms with Crippen LogP contribution in [0.25, 0.3) is 0 Å². The summed E-state index contributed by atoms with van der Waals surface area (Å²) in [7, 11) is 0. The molecule has 0 atom stereocenters. The number of aryl methyl sites for hydroxylation is 1. The molecule has 5 nitrogen and oxygen atoms in total. The molecule has 0 aliphatic carbocycles. The van der Waals surface area contributed by atoms with Crippen molar-refractivity contribution in [2.45, 2.75) is 53.5 Å². The first-order chi connectivity index (χ1) is 8.82. The second-order valence-corrected chi connectivity index (χ2v) is 5.30. The fraction of sp³-hybridized carbons (Fsp3) is 0.643. The second kappa shape index (κ2) is 6.50. The van der Waals surface area contributed by atoms with Crippen LogP contribution in [0.4, 0.5) is 0 Å². The third-order valence-corrected chi connectivity index (χ3v) is 3.26. The molecule has 1 aromatic rings. The maximum absolute atomic E-state index is 11.9. The first-order valence-corrected chi connectivity index (χ1v) is 6.61. The summed E-state index contributed by atoms with van der Waals surface area (Å²) in [5.74, 6) is -0.312. The quantitative estimate of drug-likeness (QED) is 0.853. The van der Waals surface area contributed by atoms with E-state index in [2.05, 4.69) is 18.8 Å². The molecule has 0 spiro atoms. The van der Waals surface area contributed by atoms with Crippen molar-refractivity contribution in [2.75, 3.05) is 0 Å². The van der Waals surface area contributed by atoms with Crippen LogP contribution >= 0.6 is 0 Å². The summed E-state index contributed by atoms with van der Waals surface area (Å²) in [6, 6.07) is 0. The lowest BCUT2D eigenvalue weighted by Gasteiger charge is -2.15. The molecule has 0 aliphatic heterocycles. The van der Waals surface area contributed by atoms with Crippen molar-refractivity contribution in [1.29, 1.82) is 0 Å². The van der Waals surface area contributed by atoms with Crippen LogP contribution in [-0.4, -0.2) is 20.6 Å². The molecule has 0 saturated heterocycles. The Hall–Kier alpha value is -1.65. The molecule has 19 heavy (non-hydrogen) atoms. The number of nitrogens with zero attached hydrogens (tertiary/aromatic N) is 2. The Labute approximate surface area is 113 Å². The number of carboxylic acids is 1. The minimum Gasteiger partial charge on any atom is -0.481 e. The lowest BCUT2D eigenvalue weighted by Crippen LogP contribution is -2.28. The first-order valence-electron chi connectivity index (χ1n) is 6.61. The van der Waals surface area contributed by atoms with Gasteiger partial charge in [0.25, 0.3) is 0 Å². The van der Waals surface area contributed by atoms with Crippen LogP contribution in [0.3, 0.4) is 0 Å². The van der Waals surface area contributed by atoms with E-state index in [4.69, 9.17) is 5.11 Å². The van der Waals surface area contributed by atoms with E-state index in [-0.39, 0.29) is 12.1 Å². The Balaban J connectivity index is 3.03. The number of carboxylic acid groups (broad SMARTS) is 1. The first kappa shape index (κ1) is 15.4. The molecule has 106 valence electrons. The summed E-state index contributed by atoms with van der Waals surface area (Å²) in [4.78, 5) is 26.7. The van der Waals surface area contributed by atoms with Crippen molar-refractivity contribution < 1.29 is 9.90 Å². The van der Waals surface area contributed by atoms with Gasteiger partial charge in [0.1, 0.15) is 0 Å². The molecule has 1 N–H and O–H groups in total. The monoisotopic (exact) mass is 266 g/mol. The summed E-state index contributed by atoms with van der Waals surface area (Å²) >= 11 is 0. The Morgan fingerprint density at radius 2 is 2.00 bits per heavy atom. The van der Waals surface area contributed by atoms with Gasteiger partial charge in [0.2, 0.25) is 0 Å². The molecule has 0 unspecified atom stereocenters. The van der Waals surface area contributed by atoms with E-state index in [1.807, 2.05) is 0 Å². The van der Waals surface area contributed by atoms with Crippen LogP contribution in [0.2, 0.25) is 0 Å². The average molecular weight is 266 g/mol. The van der Waals surface area contributed by atoms with Gasteiger partial charge in [-0.25, -0.2) is 4.79 Å². The van der Waals surface area contributed by atoms with Crippen molar-refractivity contribution in [3.63, 3.8) is 0 Å². The molecule has 0 amide bonds. The van der Waals surface area contributed by atoms with E-state index < -0.39 is 5.97 Å². The number of aromatic nitrogens is 2. The summed E-state index contributed by atoms with van der Waals surface area (Å²) in [6.45, 7) is 8.36. The second-order valence-electron chi connectivity index (χ2n) is 5.30. The van der Waals surface area contributed by atoms with Gasteiger partial charge in [-0.15, -0.1) is 0 Å². The molecule has 0 aliphatic rings. The van der Waals surface area contributed by atoms with Gasteiger partial charge in [0, 0.05) is 23.5 Å². The highest BCUT2D eigenvalue weighted by Gasteiger charge is 2.14. The van der Waals surface area contributed by atoms with Crippen molar-refractivity contribution >= 4 is 5.97 Å². The van der Waals surface area contributed by atoms with Crippen molar-refractivity contribution in [3.05, 3.63) is 27.4 Å². The maximum atomic E-state index is 11.9. The predicted molar refractivity (Wildman–Crippen MR) is 73.4 cm³/mol. The normalized spacial score (nSPS) is 11.0. The molecule has 0 fully saturated rings. The fourth-order valence-corrected chi connectivity index (χ4v) is 2.17. The number of hydrogen-bond donors (Lipinski definition) is 1. The standard InChI is InChI=1S/C14H22N2O3/c1-9(2)6-5-7-16-11(4)12(8-13(17)18)10(3)15-14(16)19/h9H,5-8H2,1-4H3,(H,17,18). The maximum Gasteiger partial charge on any atom is 0.347 e. The van der Waals surface area contributed by atoms with Crippen LogP contribution < -0.4 is 5.69 Å². The van der Waals surface area contributed by atoms with Gasteiger partial charge >= 0.3 is 11.7 Å². The summed E-state index contributed by atoms with van der Waals surface area (Å²) in [5.41, 5.74) is 1.61. The molecule has 1 aromatic heterocycles. The molecule has 0 saturated carbocycles. The van der Waals surface area contributed by atoms with Gasteiger partial charge in [-0.1, -0.05) is 13.8 Å². The molecular weight excluding hydrogens is 244 g/mol. The van der Waals surface area contributed by atoms with Crippen LogP contribution in [-0.2, 0) is 17.8 Å². The minimum absolute atomic E-state index is 0.0882. The van der Waals surface area contributed by atoms with Gasteiger partial charge in [0.15, 0.2) is 0 Å². The fourth-order valence-electron chi connectivity index (χ4n) is 2.17. The predicted octanol–water partition coefficient (Wildman–Crippen LogP) is 1.92. The van der Waals surface area contributed by atoms with Gasteiger partial charge < -0.3 is 5.11 Å². The smallest absolute Gasteiger partial charge is 0.347 e. The van der Waals surface area contributed by atoms with Gasteiger partial charge in [0.05, 0.1) is 6.42 Å². The third kappa shape index (κ3) is 4.19. The lowest BCUT2D eigenvalue weighted by molar-refractivity contribution is -0.136. The SMILES string of the molecule is Cc1nc(=O)n(CCCC(C)C)c(C)c1CC(=O)O. The molecule has 5 heteroatoms. The van der Waals surface area contributed by atoms with Gasteiger partial charge in [-0.3, -0.25) is 9.36 Å². The highest BCUT2D eigenvalue weighted by Crippen LogP contribution is 2.12. The van der Waals surface area contributed by atoms with E-state index in [0.29, 0.717) is 23.7 Å². The number of rotatable bonds is 6. The summed E-state index contributed by atoms with van der Waals surface area (Å²) < 4.78 is 1.59. The lowest BCUT2D eigenvalue weighted by atomic mass is 10.1. The van der Waals surface area contributed by atoms with E-state index in [9.17, 15) is 9.59 Å². The van der Waals surface area contributed by atoms with Gasteiger partial charge in [-0.2, -0.15) is 4.98 Å². The van der Waals surface area contributed by atoms with Crippen LogP contribution in [0.5, 0.6) is 0 Å².